The summed E-state index contributed by atoms with van der Waals surface area (Å²) in [5.41, 5.74) is 0. The fourth-order valence-corrected chi connectivity index (χ4v) is 3.22. The van der Waals surface area contributed by atoms with Gasteiger partial charge in [-0.05, 0) is 32.1 Å². The van der Waals surface area contributed by atoms with E-state index in [1.807, 2.05) is 6.92 Å². The van der Waals surface area contributed by atoms with Crippen molar-refractivity contribution in [3.63, 3.8) is 0 Å². The van der Waals surface area contributed by atoms with Crippen LogP contribution in [0, 0.1) is 5.92 Å². The third-order valence-corrected chi connectivity index (χ3v) is 3.94. The summed E-state index contributed by atoms with van der Waals surface area (Å²) in [6, 6.07) is -0.708. The van der Waals surface area contributed by atoms with Crippen LogP contribution in [0.4, 0.5) is 4.79 Å². The number of likely N-dealkylation sites (tertiary alicyclic amines) is 1. The van der Waals surface area contributed by atoms with E-state index in [0.717, 1.165) is 25.7 Å². The topological polar surface area (TPSA) is 69.6 Å². The number of hydrogen-bond acceptors (Lipinski definition) is 2. The van der Waals surface area contributed by atoms with Crippen LogP contribution < -0.4 is 5.32 Å². The van der Waals surface area contributed by atoms with Gasteiger partial charge in [0.05, 0.1) is 0 Å². The van der Waals surface area contributed by atoms with Gasteiger partial charge >= 0.3 is 12.0 Å². The molecule has 1 heterocycles. The van der Waals surface area contributed by atoms with Gasteiger partial charge in [-0.3, -0.25) is 0 Å². The summed E-state index contributed by atoms with van der Waals surface area (Å²) in [5.74, 6) is -0.488. The van der Waals surface area contributed by atoms with Gasteiger partial charge in [-0.25, -0.2) is 9.59 Å². The first-order valence-corrected chi connectivity index (χ1v) is 6.44. The van der Waals surface area contributed by atoms with Gasteiger partial charge < -0.3 is 15.3 Å². The second-order valence-electron chi connectivity index (χ2n) is 4.94. The lowest BCUT2D eigenvalue weighted by Gasteiger charge is -2.32. The number of carbonyl (C=O) groups excluding carboxylic acids is 1. The lowest BCUT2D eigenvalue weighted by molar-refractivity contribution is -0.141. The van der Waals surface area contributed by atoms with Crippen molar-refractivity contribution < 1.29 is 14.7 Å². The summed E-state index contributed by atoms with van der Waals surface area (Å²) in [6.45, 7) is 2.39. The standard InChI is InChI=1S/C12H20N2O3/c1-2-13-12(17)14-9-6-4-3-5-8(9)7-10(14)11(15)16/h8-10H,2-7H2,1H3,(H,13,17)(H,15,16)/t8-,9+,10+/m0/s1. The van der Waals surface area contributed by atoms with Crippen LogP contribution in [0.5, 0.6) is 0 Å². The number of nitrogens with one attached hydrogen (secondary N) is 1. The van der Waals surface area contributed by atoms with Crippen LogP contribution >= 0.6 is 0 Å². The van der Waals surface area contributed by atoms with Crippen LogP contribution in [-0.4, -0.2) is 40.6 Å². The molecule has 0 radical (unpaired) electrons. The number of carbonyl (C=O) groups is 2. The molecular formula is C12H20N2O3. The first-order chi connectivity index (χ1) is 8.15. The quantitative estimate of drug-likeness (QED) is 0.767. The first-order valence-electron chi connectivity index (χ1n) is 6.44. The SMILES string of the molecule is CCNC(=O)N1[C@@H](C(=O)O)C[C@@H]2CCCC[C@H]21. The molecule has 5 nitrogen and oxygen atoms in total. The summed E-state index contributed by atoms with van der Waals surface area (Å²) < 4.78 is 0. The van der Waals surface area contributed by atoms with E-state index in [4.69, 9.17) is 0 Å². The number of carboxylic acids is 1. The molecular weight excluding hydrogens is 220 g/mol. The minimum absolute atomic E-state index is 0.136. The number of nitrogens with zero attached hydrogens (tertiary/aromatic N) is 1. The molecule has 5 heteroatoms. The molecule has 2 aliphatic rings. The average Bonchev–Trinajstić information content (AvgIpc) is 2.68. The third-order valence-electron chi connectivity index (χ3n) is 3.94. The number of urea groups is 1. The zero-order valence-electron chi connectivity index (χ0n) is 10.2. The molecule has 0 unspecified atom stereocenters. The summed E-state index contributed by atoms with van der Waals surface area (Å²) >= 11 is 0. The Labute approximate surface area is 101 Å². The maximum atomic E-state index is 12.0. The lowest BCUT2D eigenvalue weighted by Crippen LogP contribution is -2.50. The Morgan fingerprint density at radius 1 is 1.35 bits per heavy atom. The van der Waals surface area contributed by atoms with E-state index >= 15 is 0 Å². The molecule has 1 aliphatic heterocycles. The molecule has 17 heavy (non-hydrogen) atoms. The molecule has 1 aliphatic carbocycles. The highest BCUT2D eigenvalue weighted by atomic mass is 16.4. The Hall–Kier alpha value is -1.26. The average molecular weight is 240 g/mol. The lowest BCUT2D eigenvalue weighted by atomic mass is 9.85. The number of rotatable bonds is 2. The largest absolute Gasteiger partial charge is 0.480 e. The molecule has 1 saturated carbocycles. The molecule has 0 bridgehead atoms. The number of amides is 2. The van der Waals surface area contributed by atoms with Gasteiger partial charge in [0.15, 0.2) is 0 Å². The molecule has 2 rings (SSSR count). The van der Waals surface area contributed by atoms with Crippen LogP contribution in [0.2, 0.25) is 0 Å². The Morgan fingerprint density at radius 3 is 2.71 bits per heavy atom. The summed E-state index contributed by atoms with van der Waals surface area (Å²) in [5, 5.41) is 12.0. The van der Waals surface area contributed by atoms with E-state index in [2.05, 4.69) is 5.32 Å². The molecule has 2 amide bonds. The number of aliphatic carboxylic acids is 1. The summed E-state index contributed by atoms with van der Waals surface area (Å²) in [4.78, 5) is 24.8. The van der Waals surface area contributed by atoms with E-state index < -0.39 is 12.0 Å². The molecule has 0 spiro atoms. The zero-order chi connectivity index (χ0) is 12.4. The second-order valence-corrected chi connectivity index (χ2v) is 4.94. The van der Waals surface area contributed by atoms with Gasteiger partial charge in [-0.15, -0.1) is 0 Å². The second kappa shape index (κ2) is 4.94. The van der Waals surface area contributed by atoms with Gasteiger partial charge in [-0.1, -0.05) is 12.8 Å². The molecule has 1 saturated heterocycles. The fraction of sp³-hybridized carbons (Fsp3) is 0.833. The van der Waals surface area contributed by atoms with Crippen LogP contribution in [0.1, 0.15) is 39.0 Å². The Balaban J connectivity index is 2.17. The van der Waals surface area contributed by atoms with Gasteiger partial charge in [0.25, 0.3) is 0 Å². The van der Waals surface area contributed by atoms with E-state index in [9.17, 15) is 14.7 Å². The number of fused-ring (bicyclic) bond motifs is 1. The Bertz CT molecular complexity index is 319. The maximum Gasteiger partial charge on any atom is 0.326 e. The number of hydrogen-bond donors (Lipinski definition) is 2. The normalized spacial score (nSPS) is 32.1. The Kier molecular flexibility index (Phi) is 3.54. The Morgan fingerprint density at radius 2 is 2.06 bits per heavy atom. The van der Waals surface area contributed by atoms with Crippen molar-refractivity contribution in [1.82, 2.24) is 10.2 Å². The van der Waals surface area contributed by atoms with Gasteiger partial charge in [-0.2, -0.15) is 0 Å². The molecule has 2 fully saturated rings. The van der Waals surface area contributed by atoms with Crippen molar-refractivity contribution in [3.8, 4) is 0 Å². The van der Waals surface area contributed by atoms with Gasteiger partial charge in [0, 0.05) is 12.6 Å². The molecule has 0 aromatic rings. The van der Waals surface area contributed by atoms with E-state index in [0.29, 0.717) is 18.9 Å². The van der Waals surface area contributed by atoms with E-state index in [1.54, 1.807) is 4.90 Å². The van der Waals surface area contributed by atoms with Crippen LogP contribution in [0.25, 0.3) is 0 Å². The molecule has 0 aromatic heterocycles. The van der Waals surface area contributed by atoms with Gasteiger partial charge in [0.1, 0.15) is 6.04 Å². The van der Waals surface area contributed by atoms with Crippen molar-refractivity contribution in [2.45, 2.75) is 51.1 Å². The molecule has 2 N–H and O–H groups in total. The van der Waals surface area contributed by atoms with Crippen molar-refractivity contribution in [1.29, 1.82) is 0 Å². The van der Waals surface area contributed by atoms with Crippen molar-refractivity contribution in [2.24, 2.45) is 5.92 Å². The fourth-order valence-electron chi connectivity index (χ4n) is 3.22. The van der Waals surface area contributed by atoms with Crippen LogP contribution in [0.15, 0.2) is 0 Å². The van der Waals surface area contributed by atoms with Gasteiger partial charge in [0.2, 0.25) is 0 Å². The highest BCUT2D eigenvalue weighted by Gasteiger charge is 2.47. The van der Waals surface area contributed by atoms with Crippen LogP contribution in [0.3, 0.4) is 0 Å². The maximum absolute atomic E-state index is 12.0. The highest BCUT2D eigenvalue weighted by Crippen LogP contribution is 2.39. The number of carboxylic acid groups (broad SMARTS) is 1. The predicted molar refractivity (Wildman–Crippen MR) is 62.7 cm³/mol. The predicted octanol–water partition coefficient (Wildman–Crippen LogP) is 1.43. The molecule has 96 valence electrons. The molecule has 3 atom stereocenters. The zero-order valence-corrected chi connectivity index (χ0v) is 10.2. The molecule has 0 aromatic carbocycles. The highest BCUT2D eigenvalue weighted by molar-refractivity contribution is 5.83. The smallest absolute Gasteiger partial charge is 0.326 e. The minimum atomic E-state index is -0.870. The summed E-state index contributed by atoms with van der Waals surface area (Å²) in [6.07, 6.45) is 4.90. The van der Waals surface area contributed by atoms with Crippen molar-refractivity contribution >= 4 is 12.0 Å². The van der Waals surface area contributed by atoms with Crippen molar-refractivity contribution in [2.75, 3.05) is 6.54 Å². The van der Waals surface area contributed by atoms with Crippen LogP contribution in [-0.2, 0) is 4.79 Å². The summed E-state index contributed by atoms with van der Waals surface area (Å²) in [7, 11) is 0. The van der Waals surface area contributed by atoms with E-state index in [1.165, 1.54) is 0 Å². The first kappa shape index (κ1) is 12.2. The monoisotopic (exact) mass is 240 g/mol. The minimum Gasteiger partial charge on any atom is -0.480 e. The third kappa shape index (κ3) is 2.23. The van der Waals surface area contributed by atoms with Crippen molar-refractivity contribution in [3.05, 3.63) is 0 Å². The van der Waals surface area contributed by atoms with E-state index in [-0.39, 0.29) is 12.1 Å².